The Bertz CT molecular complexity index is 337. The van der Waals surface area contributed by atoms with Gasteiger partial charge in [0.15, 0.2) is 0 Å². The van der Waals surface area contributed by atoms with Gasteiger partial charge >= 0.3 is 0 Å². The van der Waals surface area contributed by atoms with Crippen LogP contribution in [0.1, 0.15) is 18.4 Å². The lowest BCUT2D eigenvalue weighted by Gasteiger charge is -2.20. The Labute approximate surface area is 98.0 Å². The third-order valence-corrected chi connectivity index (χ3v) is 2.61. The van der Waals surface area contributed by atoms with E-state index in [1.165, 1.54) is 5.56 Å². The predicted octanol–water partition coefficient (Wildman–Crippen LogP) is 2.37. The molecular formula is C13H21NO2. The fraction of sp³-hybridized carbons (Fsp3) is 0.538. The minimum Gasteiger partial charge on any atom is -0.497 e. The maximum Gasteiger partial charge on any atom is 0.122 e. The minimum absolute atomic E-state index is 0.417. The quantitative estimate of drug-likeness (QED) is 0.765. The summed E-state index contributed by atoms with van der Waals surface area (Å²) >= 11 is 0. The number of methoxy groups -OCH3 is 2. The molecule has 1 unspecified atom stereocenters. The Balaban J connectivity index is 2.98. The van der Waals surface area contributed by atoms with Crippen molar-refractivity contribution >= 4 is 0 Å². The molecular weight excluding hydrogens is 202 g/mol. The Morgan fingerprint density at radius 1 is 1.19 bits per heavy atom. The van der Waals surface area contributed by atoms with Crippen molar-refractivity contribution in [1.29, 1.82) is 0 Å². The fourth-order valence-electron chi connectivity index (χ4n) is 1.87. The van der Waals surface area contributed by atoms with Crippen LogP contribution in [0.15, 0.2) is 18.2 Å². The van der Waals surface area contributed by atoms with Gasteiger partial charge in [-0.3, -0.25) is 0 Å². The summed E-state index contributed by atoms with van der Waals surface area (Å²) in [4.78, 5) is 2.17. The third kappa shape index (κ3) is 3.14. The Morgan fingerprint density at radius 3 is 2.38 bits per heavy atom. The van der Waals surface area contributed by atoms with Gasteiger partial charge in [-0.25, -0.2) is 0 Å². The largest absolute Gasteiger partial charge is 0.497 e. The van der Waals surface area contributed by atoms with E-state index < -0.39 is 0 Å². The van der Waals surface area contributed by atoms with E-state index in [4.69, 9.17) is 9.47 Å². The second-order valence-electron chi connectivity index (χ2n) is 4.27. The molecule has 0 aliphatic heterocycles. The van der Waals surface area contributed by atoms with Crippen LogP contribution in [0.5, 0.6) is 11.5 Å². The van der Waals surface area contributed by atoms with Gasteiger partial charge in [-0.2, -0.15) is 0 Å². The molecule has 1 aromatic rings. The molecule has 1 atom stereocenters. The normalized spacial score (nSPS) is 12.6. The molecule has 0 fully saturated rings. The first kappa shape index (κ1) is 12.8. The average molecular weight is 223 g/mol. The standard InChI is InChI=1S/C13H21NO2/c1-10(9-14(2)3)12-8-11(15-4)6-7-13(12)16-5/h6-8,10H,9H2,1-5H3. The van der Waals surface area contributed by atoms with Crippen molar-refractivity contribution in [1.82, 2.24) is 4.90 Å². The minimum atomic E-state index is 0.417. The molecule has 90 valence electrons. The van der Waals surface area contributed by atoms with Crippen LogP contribution >= 0.6 is 0 Å². The number of rotatable bonds is 5. The lowest BCUT2D eigenvalue weighted by molar-refractivity contribution is 0.364. The number of nitrogens with zero attached hydrogens (tertiary/aromatic N) is 1. The first-order valence-corrected chi connectivity index (χ1v) is 5.45. The number of benzene rings is 1. The van der Waals surface area contributed by atoms with Crippen LogP contribution in [0, 0.1) is 0 Å². The lowest BCUT2D eigenvalue weighted by atomic mass is 9.99. The van der Waals surface area contributed by atoms with Gasteiger partial charge in [0.1, 0.15) is 11.5 Å². The number of likely N-dealkylation sites (N-methyl/N-ethyl adjacent to an activating group) is 1. The maximum atomic E-state index is 5.37. The van der Waals surface area contributed by atoms with E-state index in [1.807, 2.05) is 18.2 Å². The Kier molecular flexibility index (Phi) is 4.62. The molecule has 0 aliphatic carbocycles. The number of ether oxygens (including phenoxy) is 2. The van der Waals surface area contributed by atoms with Gasteiger partial charge in [0.05, 0.1) is 14.2 Å². The van der Waals surface area contributed by atoms with E-state index in [0.29, 0.717) is 5.92 Å². The van der Waals surface area contributed by atoms with Gasteiger partial charge in [-0.15, -0.1) is 0 Å². The number of hydrogen-bond acceptors (Lipinski definition) is 3. The zero-order valence-corrected chi connectivity index (χ0v) is 10.8. The highest BCUT2D eigenvalue weighted by molar-refractivity contribution is 5.42. The van der Waals surface area contributed by atoms with Crippen LogP contribution in [0.3, 0.4) is 0 Å². The van der Waals surface area contributed by atoms with Gasteiger partial charge in [0.25, 0.3) is 0 Å². The van der Waals surface area contributed by atoms with E-state index in [-0.39, 0.29) is 0 Å². The van der Waals surface area contributed by atoms with Crippen molar-refractivity contribution in [2.45, 2.75) is 12.8 Å². The molecule has 0 amide bonds. The highest BCUT2D eigenvalue weighted by Crippen LogP contribution is 2.30. The summed E-state index contributed by atoms with van der Waals surface area (Å²) in [6.07, 6.45) is 0. The zero-order chi connectivity index (χ0) is 12.1. The molecule has 3 heteroatoms. The molecule has 0 aliphatic rings. The summed E-state index contributed by atoms with van der Waals surface area (Å²) in [5.74, 6) is 2.22. The first-order chi connectivity index (χ1) is 7.58. The van der Waals surface area contributed by atoms with Gasteiger partial charge in [-0.1, -0.05) is 6.92 Å². The van der Waals surface area contributed by atoms with Crippen molar-refractivity contribution in [2.75, 3.05) is 34.9 Å². The van der Waals surface area contributed by atoms with E-state index in [1.54, 1.807) is 14.2 Å². The Morgan fingerprint density at radius 2 is 1.88 bits per heavy atom. The van der Waals surface area contributed by atoms with Crippen LogP contribution < -0.4 is 9.47 Å². The summed E-state index contributed by atoms with van der Waals surface area (Å²) in [5.41, 5.74) is 1.19. The molecule has 0 saturated carbocycles. The predicted molar refractivity (Wildman–Crippen MR) is 66.5 cm³/mol. The van der Waals surface area contributed by atoms with Crippen LogP contribution in [0.2, 0.25) is 0 Å². The highest BCUT2D eigenvalue weighted by atomic mass is 16.5. The second-order valence-corrected chi connectivity index (χ2v) is 4.27. The SMILES string of the molecule is COc1ccc(OC)c(C(C)CN(C)C)c1. The van der Waals surface area contributed by atoms with Crippen molar-refractivity contribution in [3.63, 3.8) is 0 Å². The summed E-state index contributed by atoms with van der Waals surface area (Å²) in [6.45, 7) is 3.18. The molecule has 0 heterocycles. The molecule has 0 radical (unpaired) electrons. The summed E-state index contributed by atoms with van der Waals surface area (Å²) in [6, 6.07) is 5.93. The number of hydrogen-bond donors (Lipinski definition) is 0. The van der Waals surface area contributed by atoms with Gasteiger partial charge in [0.2, 0.25) is 0 Å². The molecule has 0 aromatic heterocycles. The van der Waals surface area contributed by atoms with Crippen LogP contribution in [-0.4, -0.2) is 39.8 Å². The van der Waals surface area contributed by atoms with E-state index in [0.717, 1.165) is 18.0 Å². The molecule has 3 nitrogen and oxygen atoms in total. The van der Waals surface area contributed by atoms with Crippen molar-refractivity contribution in [3.8, 4) is 11.5 Å². The maximum absolute atomic E-state index is 5.37. The molecule has 1 rings (SSSR count). The highest BCUT2D eigenvalue weighted by Gasteiger charge is 2.13. The summed E-state index contributed by atoms with van der Waals surface area (Å²) in [7, 11) is 7.53. The topological polar surface area (TPSA) is 21.7 Å². The van der Waals surface area contributed by atoms with Gasteiger partial charge < -0.3 is 14.4 Å². The zero-order valence-electron chi connectivity index (χ0n) is 10.8. The lowest BCUT2D eigenvalue weighted by Crippen LogP contribution is -2.18. The van der Waals surface area contributed by atoms with Crippen LogP contribution in [-0.2, 0) is 0 Å². The molecule has 16 heavy (non-hydrogen) atoms. The van der Waals surface area contributed by atoms with E-state index in [9.17, 15) is 0 Å². The molecule has 0 bridgehead atoms. The molecule has 0 saturated heterocycles. The molecule has 0 N–H and O–H groups in total. The van der Waals surface area contributed by atoms with E-state index >= 15 is 0 Å². The molecule has 0 spiro atoms. The third-order valence-electron chi connectivity index (χ3n) is 2.61. The van der Waals surface area contributed by atoms with Gasteiger partial charge in [-0.05, 0) is 38.2 Å². The van der Waals surface area contributed by atoms with Crippen LogP contribution in [0.4, 0.5) is 0 Å². The van der Waals surface area contributed by atoms with E-state index in [2.05, 4.69) is 25.9 Å². The van der Waals surface area contributed by atoms with Crippen molar-refractivity contribution in [2.24, 2.45) is 0 Å². The fourth-order valence-corrected chi connectivity index (χ4v) is 1.87. The first-order valence-electron chi connectivity index (χ1n) is 5.45. The smallest absolute Gasteiger partial charge is 0.122 e. The molecule has 1 aromatic carbocycles. The van der Waals surface area contributed by atoms with Crippen molar-refractivity contribution < 1.29 is 9.47 Å². The summed E-state index contributed by atoms with van der Waals surface area (Å²) in [5, 5.41) is 0. The summed E-state index contributed by atoms with van der Waals surface area (Å²) < 4.78 is 10.6. The monoisotopic (exact) mass is 223 g/mol. The van der Waals surface area contributed by atoms with Crippen LogP contribution in [0.25, 0.3) is 0 Å². The van der Waals surface area contributed by atoms with Gasteiger partial charge in [0, 0.05) is 12.1 Å². The Hall–Kier alpha value is -1.22. The van der Waals surface area contributed by atoms with Crippen molar-refractivity contribution in [3.05, 3.63) is 23.8 Å². The average Bonchev–Trinajstić information content (AvgIpc) is 2.27. The second kappa shape index (κ2) is 5.75.